The van der Waals surface area contributed by atoms with E-state index >= 15 is 0 Å². The molecule has 0 saturated carbocycles. The first-order valence-corrected chi connectivity index (χ1v) is 3.01. The SMILES string of the molecule is Cc1[nH]ncc1C#CC(N)=O. The highest BCUT2D eigenvalue weighted by atomic mass is 16.1. The number of nitrogens with one attached hydrogen (secondary N) is 1. The Morgan fingerprint density at radius 1 is 1.82 bits per heavy atom. The van der Waals surface area contributed by atoms with E-state index < -0.39 is 5.91 Å². The fraction of sp³-hybridized carbons (Fsp3) is 0.143. The van der Waals surface area contributed by atoms with Crippen LogP contribution in [0.3, 0.4) is 0 Å². The number of rotatable bonds is 0. The molecule has 4 heteroatoms. The molecule has 1 heterocycles. The number of carbonyl (C=O) groups is 1. The number of carbonyl (C=O) groups excluding carboxylic acids is 1. The predicted octanol–water partition coefficient (Wildman–Crippen LogP) is -0.445. The van der Waals surface area contributed by atoms with Gasteiger partial charge in [0.1, 0.15) is 0 Å². The minimum Gasteiger partial charge on any atom is -0.359 e. The maximum Gasteiger partial charge on any atom is 0.293 e. The van der Waals surface area contributed by atoms with Crippen LogP contribution in [0, 0.1) is 18.8 Å². The first-order chi connectivity index (χ1) is 5.20. The van der Waals surface area contributed by atoms with Gasteiger partial charge in [-0.15, -0.1) is 0 Å². The van der Waals surface area contributed by atoms with E-state index in [9.17, 15) is 4.79 Å². The second kappa shape index (κ2) is 2.88. The Balaban J connectivity index is 2.90. The molecule has 0 aromatic carbocycles. The van der Waals surface area contributed by atoms with E-state index in [1.165, 1.54) is 0 Å². The Labute approximate surface area is 63.8 Å². The number of aromatic nitrogens is 2. The van der Waals surface area contributed by atoms with Crippen molar-refractivity contribution in [2.24, 2.45) is 5.73 Å². The number of H-pyrrole nitrogens is 1. The lowest BCUT2D eigenvalue weighted by Gasteiger charge is -1.80. The molecular weight excluding hydrogens is 142 g/mol. The first kappa shape index (κ1) is 7.35. The van der Waals surface area contributed by atoms with Crippen molar-refractivity contribution in [1.82, 2.24) is 10.2 Å². The van der Waals surface area contributed by atoms with E-state index in [0.717, 1.165) is 5.69 Å². The molecule has 0 atom stereocenters. The van der Waals surface area contributed by atoms with Crippen LogP contribution in [0.5, 0.6) is 0 Å². The highest BCUT2D eigenvalue weighted by Crippen LogP contribution is 1.98. The summed E-state index contributed by atoms with van der Waals surface area (Å²) >= 11 is 0. The summed E-state index contributed by atoms with van der Waals surface area (Å²) in [5.74, 6) is 4.16. The van der Waals surface area contributed by atoms with Crippen LogP contribution in [0.25, 0.3) is 0 Å². The molecular formula is C7H7N3O. The Morgan fingerprint density at radius 3 is 3.00 bits per heavy atom. The standard InChI is InChI=1S/C7H7N3O/c1-5-6(4-9-10-5)2-3-7(8)11/h4H,1H3,(H2,8,11)(H,9,10). The quantitative estimate of drug-likeness (QED) is 0.490. The van der Waals surface area contributed by atoms with E-state index in [0.29, 0.717) is 5.56 Å². The molecule has 1 aromatic heterocycles. The van der Waals surface area contributed by atoms with Crippen LogP contribution in [0.15, 0.2) is 6.20 Å². The summed E-state index contributed by atoms with van der Waals surface area (Å²) in [7, 11) is 0. The summed E-state index contributed by atoms with van der Waals surface area (Å²) in [4.78, 5) is 10.2. The monoisotopic (exact) mass is 149 g/mol. The van der Waals surface area contributed by atoms with E-state index in [2.05, 4.69) is 22.0 Å². The number of aromatic amines is 1. The molecule has 0 spiro atoms. The number of nitrogens with zero attached hydrogens (tertiary/aromatic N) is 1. The Morgan fingerprint density at radius 2 is 2.55 bits per heavy atom. The van der Waals surface area contributed by atoms with E-state index in [-0.39, 0.29) is 0 Å². The van der Waals surface area contributed by atoms with E-state index in [1.54, 1.807) is 6.20 Å². The van der Waals surface area contributed by atoms with Crippen LogP contribution in [0.4, 0.5) is 0 Å². The summed E-state index contributed by atoms with van der Waals surface area (Å²) in [6.45, 7) is 1.82. The molecule has 0 radical (unpaired) electrons. The summed E-state index contributed by atoms with van der Waals surface area (Å²) in [6, 6.07) is 0. The molecule has 0 aliphatic heterocycles. The van der Waals surface area contributed by atoms with Gasteiger partial charge >= 0.3 is 0 Å². The summed E-state index contributed by atoms with van der Waals surface area (Å²) < 4.78 is 0. The third-order valence-electron chi connectivity index (χ3n) is 1.15. The zero-order chi connectivity index (χ0) is 8.27. The lowest BCUT2D eigenvalue weighted by atomic mass is 10.3. The van der Waals surface area contributed by atoms with Gasteiger partial charge in [0.15, 0.2) is 0 Å². The second-order valence-corrected chi connectivity index (χ2v) is 2.02. The molecule has 11 heavy (non-hydrogen) atoms. The summed E-state index contributed by atoms with van der Waals surface area (Å²) in [5, 5.41) is 6.41. The molecule has 0 saturated heterocycles. The van der Waals surface area contributed by atoms with Gasteiger partial charge in [0.05, 0.1) is 11.8 Å². The molecule has 0 fully saturated rings. The Kier molecular flexibility index (Phi) is 1.93. The molecule has 1 rings (SSSR count). The Bertz CT molecular complexity index is 329. The zero-order valence-corrected chi connectivity index (χ0v) is 6.01. The number of amides is 1. The van der Waals surface area contributed by atoms with Crippen molar-refractivity contribution in [2.75, 3.05) is 0 Å². The van der Waals surface area contributed by atoms with Crippen molar-refractivity contribution in [3.63, 3.8) is 0 Å². The van der Waals surface area contributed by atoms with Gasteiger partial charge in [-0.05, 0) is 6.92 Å². The lowest BCUT2D eigenvalue weighted by Crippen LogP contribution is -2.06. The molecule has 0 aliphatic carbocycles. The normalized spacial score (nSPS) is 8.45. The first-order valence-electron chi connectivity index (χ1n) is 3.01. The van der Waals surface area contributed by atoms with Crippen LogP contribution >= 0.6 is 0 Å². The minimum absolute atomic E-state index is 0.634. The smallest absolute Gasteiger partial charge is 0.293 e. The van der Waals surface area contributed by atoms with Crippen molar-refractivity contribution in [3.05, 3.63) is 17.5 Å². The Hall–Kier alpha value is -1.76. The number of nitrogens with two attached hydrogens (primary N) is 1. The van der Waals surface area contributed by atoms with Gasteiger partial charge < -0.3 is 5.73 Å². The van der Waals surface area contributed by atoms with Crippen molar-refractivity contribution < 1.29 is 4.79 Å². The molecule has 0 unspecified atom stereocenters. The molecule has 4 nitrogen and oxygen atoms in total. The van der Waals surface area contributed by atoms with Crippen molar-refractivity contribution >= 4 is 5.91 Å². The van der Waals surface area contributed by atoms with Gasteiger partial charge in [0, 0.05) is 11.6 Å². The fourth-order valence-corrected chi connectivity index (χ4v) is 0.606. The van der Waals surface area contributed by atoms with Crippen molar-refractivity contribution in [1.29, 1.82) is 0 Å². The highest BCUT2D eigenvalue weighted by molar-refractivity contribution is 5.92. The van der Waals surface area contributed by atoms with Gasteiger partial charge in [-0.25, -0.2) is 0 Å². The predicted molar refractivity (Wildman–Crippen MR) is 39.4 cm³/mol. The highest BCUT2D eigenvalue weighted by Gasteiger charge is 1.93. The van der Waals surface area contributed by atoms with Gasteiger partial charge in [0.2, 0.25) is 0 Å². The average molecular weight is 149 g/mol. The van der Waals surface area contributed by atoms with Crippen LogP contribution in [-0.2, 0) is 4.79 Å². The fourth-order valence-electron chi connectivity index (χ4n) is 0.606. The third-order valence-corrected chi connectivity index (χ3v) is 1.15. The third kappa shape index (κ3) is 1.83. The van der Waals surface area contributed by atoms with E-state index in [1.807, 2.05) is 6.92 Å². The van der Waals surface area contributed by atoms with Gasteiger partial charge in [-0.3, -0.25) is 9.89 Å². The number of primary amides is 1. The molecule has 1 amide bonds. The second-order valence-electron chi connectivity index (χ2n) is 2.02. The van der Waals surface area contributed by atoms with Crippen LogP contribution in [-0.4, -0.2) is 16.1 Å². The lowest BCUT2D eigenvalue weighted by molar-refractivity contribution is -0.112. The largest absolute Gasteiger partial charge is 0.359 e. The topological polar surface area (TPSA) is 71.8 Å². The van der Waals surface area contributed by atoms with Crippen LogP contribution < -0.4 is 5.73 Å². The van der Waals surface area contributed by atoms with Crippen LogP contribution in [0.1, 0.15) is 11.3 Å². The summed E-state index contributed by atoms with van der Waals surface area (Å²) in [6.07, 6.45) is 1.55. The van der Waals surface area contributed by atoms with Crippen molar-refractivity contribution in [2.45, 2.75) is 6.92 Å². The van der Waals surface area contributed by atoms with Gasteiger partial charge in [-0.1, -0.05) is 5.92 Å². The average Bonchev–Trinajstić information content (AvgIpc) is 2.31. The molecule has 3 N–H and O–H groups in total. The number of aryl methyl sites for hydroxylation is 1. The molecule has 0 bridgehead atoms. The molecule has 56 valence electrons. The number of hydrogen-bond acceptors (Lipinski definition) is 2. The maximum absolute atomic E-state index is 10.2. The van der Waals surface area contributed by atoms with E-state index in [4.69, 9.17) is 5.73 Å². The number of hydrogen-bond donors (Lipinski definition) is 2. The maximum atomic E-state index is 10.2. The zero-order valence-electron chi connectivity index (χ0n) is 6.01. The molecule has 0 aliphatic rings. The summed E-state index contributed by atoms with van der Waals surface area (Å²) in [5.41, 5.74) is 6.35. The molecule has 1 aromatic rings. The minimum atomic E-state index is -0.634. The van der Waals surface area contributed by atoms with Gasteiger partial charge in [-0.2, -0.15) is 5.10 Å². The van der Waals surface area contributed by atoms with Crippen molar-refractivity contribution in [3.8, 4) is 11.8 Å². The van der Waals surface area contributed by atoms with Gasteiger partial charge in [0.25, 0.3) is 5.91 Å². The van der Waals surface area contributed by atoms with Crippen LogP contribution in [0.2, 0.25) is 0 Å².